The molecule has 0 saturated heterocycles. The average molecular weight is 296 g/mol. The van der Waals surface area contributed by atoms with Gasteiger partial charge in [0.2, 0.25) is 0 Å². The second-order valence-corrected chi connectivity index (χ2v) is 5.52. The minimum atomic E-state index is 0.813. The molecule has 0 unspecified atom stereocenters. The van der Waals surface area contributed by atoms with E-state index in [1.807, 2.05) is 29.6 Å². The van der Waals surface area contributed by atoms with Crippen molar-refractivity contribution < 1.29 is 0 Å². The Bertz CT molecular complexity index is 737. The Kier molecular flexibility index (Phi) is 3.83. The number of aromatic nitrogens is 2. The Labute approximate surface area is 127 Å². The van der Waals surface area contributed by atoms with Gasteiger partial charge in [-0.2, -0.15) is 0 Å². The van der Waals surface area contributed by atoms with Crippen molar-refractivity contribution in [2.75, 3.05) is 11.1 Å². The predicted octanol–water partition coefficient (Wildman–Crippen LogP) is 4.09. The van der Waals surface area contributed by atoms with E-state index >= 15 is 0 Å². The number of hydrogen-bond acceptors (Lipinski definition) is 5. The minimum absolute atomic E-state index is 0.813. The highest BCUT2D eigenvalue weighted by atomic mass is 32.1. The Morgan fingerprint density at radius 3 is 2.71 bits per heavy atom. The lowest BCUT2D eigenvalue weighted by Crippen LogP contribution is -1.96. The van der Waals surface area contributed by atoms with Crippen LogP contribution < -0.4 is 11.1 Å². The molecule has 0 aliphatic heterocycles. The van der Waals surface area contributed by atoms with Crippen LogP contribution in [0.4, 0.5) is 16.5 Å². The molecule has 0 aliphatic carbocycles. The lowest BCUT2D eigenvalue weighted by atomic mass is 10.1. The predicted molar refractivity (Wildman–Crippen MR) is 88.9 cm³/mol. The van der Waals surface area contributed by atoms with Crippen LogP contribution in [0.1, 0.15) is 12.5 Å². The average Bonchev–Trinajstić information content (AvgIpc) is 2.97. The van der Waals surface area contributed by atoms with Crippen molar-refractivity contribution in [2.24, 2.45) is 0 Å². The number of thiazole rings is 1. The van der Waals surface area contributed by atoms with Gasteiger partial charge in [0.1, 0.15) is 0 Å². The number of nitrogens with zero attached hydrogens (tertiary/aromatic N) is 2. The van der Waals surface area contributed by atoms with E-state index in [-0.39, 0.29) is 0 Å². The molecule has 1 aromatic carbocycles. The quantitative estimate of drug-likeness (QED) is 0.712. The number of nitrogen functional groups attached to an aromatic ring is 1. The van der Waals surface area contributed by atoms with Crippen LogP contribution in [0.2, 0.25) is 0 Å². The molecule has 0 saturated carbocycles. The van der Waals surface area contributed by atoms with E-state index < -0.39 is 0 Å². The van der Waals surface area contributed by atoms with Gasteiger partial charge >= 0.3 is 0 Å². The first-order valence-corrected chi connectivity index (χ1v) is 7.65. The summed E-state index contributed by atoms with van der Waals surface area (Å²) in [4.78, 5) is 8.60. The molecule has 3 aromatic rings. The van der Waals surface area contributed by atoms with Gasteiger partial charge in [0.25, 0.3) is 0 Å². The van der Waals surface area contributed by atoms with Crippen molar-refractivity contribution in [3.8, 4) is 11.3 Å². The third kappa shape index (κ3) is 3.03. The molecular weight excluding hydrogens is 280 g/mol. The highest BCUT2D eigenvalue weighted by Crippen LogP contribution is 2.28. The Balaban J connectivity index is 1.80. The van der Waals surface area contributed by atoms with Crippen LogP contribution >= 0.6 is 11.3 Å². The van der Waals surface area contributed by atoms with Crippen LogP contribution in [-0.2, 0) is 6.42 Å². The molecule has 0 spiro atoms. The fourth-order valence-corrected chi connectivity index (χ4v) is 2.84. The summed E-state index contributed by atoms with van der Waals surface area (Å²) in [6.45, 7) is 2.10. The first kappa shape index (κ1) is 13.6. The van der Waals surface area contributed by atoms with E-state index in [0.717, 1.165) is 39.7 Å². The molecule has 0 fully saturated rings. The van der Waals surface area contributed by atoms with E-state index in [2.05, 4.69) is 28.3 Å². The third-order valence-corrected chi connectivity index (χ3v) is 4.02. The number of anilines is 3. The number of benzene rings is 1. The Morgan fingerprint density at radius 1 is 1.19 bits per heavy atom. The van der Waals surface area contributed by atoms with Gasteiger partial charge in [-0.3, -0.25) is 4.98 Å². The van der Waals surface area contributed by atoms with Crippen LogP contribution in [0, 0.1) is 0 Å². The molecule has 106 valence electrons. The summed E-state index contributed by atoms with van der Waals surface area (Å²) in [6.07, 6.45) is 4.48. The molecule has 4 nitrogen and oxygen atoms in total. The first-order valence-electron chi connectivity index (χ1n) is 6.77. The first-order chi connectivity index (χ1) is 10.3. The van der Waals surface area contributed by atoms with Crippen molar-refractivity contribution in [1.82, 2.24) is 9.97 Å². The Morgan fingerprint density at radius 2 is 2.00 bits per heavy atom. The molecule has 2 aromatic heterocycles. The van der Waals surface area contributed by atoms with E-state index in [1.165, 1.54) is 0 Å². The van der Waals surface area contributed by atoms with E-state index in [1.54, 1.807) is 23.7 Å². The van der Waals surface area contributed by atoms with Gasteiger partial charge < -0.3 is 11.1 Å². The second kappa shape index (κ2) is 5.93. The van der Waals surface area contributed by atoms with Gasteiger partial charge in [0, 0.05) is 34.7 Å². The number of nitrogens with two attached hydrogens (primary N) is 1. The van der Waals surface area contributed by atoms with Gasteiger partial charge in [-0.15, -0.1) is 11.3 Å². The molecule has 3 rings (SSSR count). The summed E-state index contributed by atoms with van der Waals surface area (Å²) >= 11 is 1.57. The van der Waals surface area contributed by atoms with Crippen LogP contribution in [0.5, 0.6) is 0 Å². The molecule has 21 heavy (non-hydrogen) atoms. The molecule has 5 heteroatoms. The largest absolute Gasteiger partial charge is 0.398 e. The summed E-state index contributed by atoms with van der Waals surface area (Å²) in [5, 5.41) is 6.18. The standard InChI is InChI=1S/C16H16N4S/c1-2-11-3-4-13(9-14(11)17)19-16-20-15(10-21-16)12-5-7-18-8-6-12/h3-10H,2,17H2,1H3,(H,19,20). The SMILES string of the molecule is CCc1ccc(Nc2nc(-c3ccncc3)cs2)cc1N. The van der Waals surface area contributed by atoms with Gasteiger partial charge in [0.15, 0.2) is 5.13 Å². The van der Waals surface area contributed by atoms with Crippen LogP contribution in [-0.4, -0.2) is 9.97 Å². The number of nitrogens with one attached hydrogen (secondary N) is 1. The third-order valence-electron chi connectivity index (χ3n) is 3.26. The van der Waals surface area contributed by atoms with E-state index in [9.17, 15) is 0 Å². The maximum atomic E-state index is 6.02. The topological polar surface area (TPSA) is 63.8 Å². The van der Waals surface area contributed by atoms with Crippen molar-refractivity contribution in [3.05, 3.63) is 53.7 Å². The summed E-state index contributed by atoms with van der Waals surface area (Å²) in [5.74, 6) is 0. The number of rotatable bonds is 4. The number of aryl methyl sites for hydroxylation is 1. The van der Waals surface area contributed by atoms with Crippen molar-refractivity contribution in [3.63, 3.8) is 0 Å². The minimum Gasteiger partial charge on any atom is -0.398 e. The highest BCUT2D eigenvalue weighted by molar-refractivity contribution is 7.14. The van der Waals surface area contributed by atoms with Crippen LogP contribution in [0.15, 0.2) is 48.1 Å². The molecule has 0 aliphatic rings. The monoisotopic (exact) mass is 296 g/mol. The summed E-state index contributed by atoms with van der Waals surface area (Å²) in [5.41, 5.74) is 11.0. The van der Waals surface area contributed by atoms with Gasteiger partial charge in [0.05, 0.1) is 5.69 Å². The van der Waals surface area contributed by atoms with Crippen molar-refractivity contribution in [2.45, 2.75) is 13.3 Å². The lowest BCUT2D eigenvalue weighted by molar-refractivity contribution is 1.14. The molecule has 2 heterocycles. The molecule has 0 radical (unpaired) electrons. The summed E-state index contributed by atoms with van der Waals surface area (Å²) in [6, 6.07) is 9.93. The van der Waals surface area contributed by atoms with E-state index in [4.69, 9.17) is 5.73 Å². The van der Waals surface area contributed by atoms with Gasteiger partial charge in [-0.25, -0.2) is 4.98 Å². The molecular formula is C16H16N4S. The normalized spacial score (nSPS) is 10.5. The fraction of sp³-hybridized carbons (Fsp3) is 0.125. The highest BCUT2D eigenvalue weighted by Gasteiger charge is 2.05. The molecule has 0 atom stereocenters. The summed E-state index contributed by atoms with van der Waals surface area (Å²) < 4.78 is 0. The number of hydrogen-bond donors (Lipinski definition) is 2. The zero-order chi connectivity index (χ0) is 14.7. The zero-order valence-electron chi connectivity index (χ0n) is 11.7. The molecule has 0 bridgehead atoms. The number of pyridine rings is 1. The van der Waals surface area contributed by atoms with Gasteiger partial charge in [-0.1, -0.05) is 13.0 Å². The zero-order valence-corrected chi connectivity index (χ0v) is 12.5. The molecule has 0 amide bonds. The van der Waals surface area contributed by atoms with E-state index in [0.29, 0.717) is 0 Å². The maximum Gasteiger partial charge on any atom is 0.187 e. The maximum absolute atomic E-state index is 6.02. The smallest absolute Gasteiger partial charge is 0.187 e. The van der Waals surface area contributed by atoms with Crippen molar-refractivity contribution in [1.29, 1.82) is 0 Å². The van der Waals surface area contributed by atoms with Gasteiger partial charge in [-0.05, 0) is 36.2 Å². The van der Waals surface area contributed by atoms with Crippen LogP contribution in [0.25, 0.3) is 11.3 Å². The summed E-state index contributed by atoms with van der Waals surface area (Å²) in [7, 11) is 0. The molecule has 3 N–H and O–H groups in total. The lowest BCUT2D eigenvalue weighted by Gasteiger charge is -2.07. The second-order valence-electron chi connectivity index (χ2n) is 4.67. The Hall–Kier alpha value is -2.40. The fourth-order valence-electron chi connectivity index (χ4n) is 2.10. The van der Waals surface area contributed by atoms with Crippen LogP contribution in [0.3, 0.4) is 0 Å². The van der Waals surface area contributed by atoms with Crippen molar-refractivity contribution >= 4 is 27.8 Å².